The van der Waals surface area contributed by atoms with Crippen molar-refractivity contribution in [3.63, 3.8) is 0 Å². The summed E-state index contributed by atoms with van der Waals surface area (Å²) in [5, 5.41) is 3.06. The maximum atomic E-state index is 12.8. The Labute approximate surface area is 155 Å². The molecule has 4 heteroatoms. The Balaban J connectivity index is 1.73. The van der Waals surface area contributed by atoms with E-state index in [1.807, 2.05) is 49.4 Å². The van der Waals surface area contributed by atoms with E-state index >= 15 is 0 Å². The maximum absolute atomic E-state index is 12.8. The van der Waals surface area contributed by atoms with Crippen molar-refractivity contribution in [3.8, 4) is 0 Å². The molecule has 1 fully saturated rings. The molecule has 4 nitrogen and oxygen atoms in total. The Morgan fingerprint density at radius 1 is 1.12 bits per heavy atom. The zero-order valence-corrected chi connectivity index (χ0v) is 15.7. The zero-order chi connectivity index (χ0) is 18.7. The fourth-order valence-corrected chi connectivity index (χ4v) is 3.47. The molecule has 2 aromatic carbocycles. The normalized spacial score (nSPS) is 16.8. The molecule has 1 aliphatic rings. The molecule has 1 aliphatic heterocycles. The van der Waals surface area contributed by atoms with E-state index in [-0.39, 0.29) is 24.2 Å². The number of aryl methyl sites for hydroxylation is 3. The quantitative estimate of drug-likeness (QED) is 0.882. The highest BCUT2D eigenvalue weighted by Crippen LogP contribution is 2.28. The second-order valence-electron chi connectivity index (χ2n) is 6.88. The van der Waals surface area contributed by atoms with E-state index in [0.717, 1.165) is 35.3 Å². The van der Waals surface area contributed by atoms with E-state index in [4.69, 9.17) is 0 Å². The van der Waals surface area contributed by atoms with Crippen LogP contribution in [0.5, 0.6) is 0 Å². The first kappa shape index (κ1) is 18.2. The van der Waals surface area contributed by atoms with Crippen LogP contribution in [0.4, 0.5) is 11.4 Å². The minimum absolute atomic E-state index is 0.00916. The van der Waals surface area contributed by atoms with Crippen molar-refractivity contribution >= 4 is 23.2 Å². The van der Waals surface area contributed by atoms with Gasteiger partial charge >= 0.3 is 0 Å². The van der Waals surface area contributed by atoms with Crippen molar-refractivity contribution in [1.29, 1.82) is 0 Å². The first-order valence-electron chi connectivity index (χ1n) is 9.32. The lowest BCUT2D eigenvalue weighted by Gasteiger charge is -2.18. The van der Waals surface area contributed by atoms with Gasteiger partial charge in [0.1, 0.15) is 0 Å². The Kier molecular flexibility index (Phi) is 5.40. The third-order valence-electron chi connectivity index (χ3n) is 5.14. The number of anilines is 2. The van der Waals surface area contributed by atoms with E-state index in [1.165, 1.54) is 5.56 Å². The molecule has 26 heavy (non-hydrogen) atoms. The van der Waals surface area contributed by atoms with Crippen LogP contribution in [0.2, 0.25) is 0 Å². The number of carbonyl (C=O) groups is 2. The molecule has 2 amide bonds. The SMILES string of the molecule is CCc1ccc(N2CC(C(=O)Nc3c(C)cccc3CC)CC2=O)cc1. The lowest BCUT2D eigenvalue weighted by molar-refractivity contribution is -0.122. The van der Waals surface area contributed by atoms with Crippen LogP contribution in [0, 0.1) is 12.8 Å². The van der Waals surface area contributed by atoms with Crippen molar-refractivity contribution in [2.75, 3.05) is 16.8 Å². The highest BCUT2D eigenvalue weighted by atomic mass is 16.2. The fraction of sp³-hybridized carbons (Fsp3) is 0.364. The number of hydrogen-bond acceptors (Lipinski definition) is 2. The molecular formula is C22H26N2O2. The van der Waals surface area contributed by atoms with E-state index in [0.29, 0.717) is 6.54 Å². The van der Waals surface area contributed by atoms with Crippen LogP contribution in [-0.2, 0) is 22.4 Å². The zero-order valence-electron chi connectivity index (χ0n) is 15.7. The van der Waals surface area contributed by atoms with Gasteiger partial charge in [-0.25, -0.2) is 0 Å². The number of hydrogen-bond donors (Lipinski definition) is 1. The van der Waals surface area contributed by atoms with Crippen LogP contribution in [0.1, 0.15) is 37.0 Å². The summed E-state index contributed by atoms with van der Waals surface area (Å²) in [5.41, 5.74) is 5.16. The van der Waals surface area contributed by atoms with Crippen LogP contribution < -0.4 is 10.2 Å². The van der Waals surface area contributed by atoms with Gasteiger partial charge in [0.25, 0.3) is 0 Å². The molecule has 3 rings (SSSR count). The molecule has 0 bridgehead atoms. The second kappa shape index (κ2) is 7.73. The predicted octanol–water partition coefficient (Wildman–Crippen LogP) is 4.11. The molecular weight excluding hydrogens is 324 g/mol. The lowest BCUT2D eigenvalue weighted by atomic mass is 10.0. The summed E-state index contributed by atoms with van der Waals surface area (Å²) in [6, 6.07) is 14.0. The lowest BCUT2D eigenvalue weighted by Crippen LogP contribution is -2.28. The highest BCUT2D eigenvalue weighted by Gasteiger charge is 2.35. The van der Waals surface area contributed by atoms with Crippen molar-refractivity contribution in [1.82, 2.24) is 0 Å². The van der Waals surface area contributed by atoms with Gasteiger partial charge in [-0.15, -0.1) is 0 Å². The van der Waals surface area contributed by atoms with Crippen LogP contribution in [0.15, 0.2) is 42.5 Å². The van der Waals surface area contributed by atoms with Crippen molar-refractivity contribution in [2.45, 2.75) is 40.0 Å². The van der Waals surface area contributed by atoms with Gasteiger partial charge in [-0.1, -0.05) is 44.2 Å². The third-order valence-corrected chi connectivity index (χ3v) is 5.14. The van der Waals surface area contributed by atoms with Crippen molar-refractivity contribution in [2.24, 2.45) is 5.92 Å². The molecule has 0 saturated carbocycles. The summed E-state index contributed by atoms with van der Waals surface area (Å²) in [6.45, 7) is 6.61. The largest absolute Gasteiger partial charge is 0.325 e. The average Bonchev–Trinajstić information content (AvgIpc) is 3.05. The van der Waals surface area contributed by atoms with Crippen LogP contribution >= 0.6 is 0 Å². The molecule has 0 aromatic heterocycles. The monoisotopic (exact) mass is 350 g/mol. The van der Waals surface area contributed by atoms with Crippen LogP contribution in [0.3, 0.4) is 0 Å². The summed E-state index contributed by atoms with van der Waals surface area (Å²) in [6.07, 6.45) is 2.08. The summed E-state index contributed by atoms with van der Waals surface area (Å²) in [4.78, 5) is 26.9. The standard InChI is InChI=1S/C22H26N2O2/c1-4-16-9-11-19(12-10-16)24-14-18(13-20(24)25)22(26)23-21-15(3)7-6-8-17(21)5-2/h6-12,18H,4-5,13-14H2,1-3H3,(H,23,26). The number of rotatable bonds is 5. The number of carbonyl (C=O) groups excluding carboxylic acids is 2. The van der Waals surface area contributed by atoms with E-state index in [2.05, 4.69) is 19.2 Å². The Morgan fingerprint density at radius 3 is 2.50 bits per heavy atom. The molecule has 1 N–H and O–H groups in total. The first-order chi connectivity index (χ1) is 12.5. The smallest absolute Gasteiger partial charge is 0.229 e. The number of benzene rings is 2. The Hall–Kier alpha value is -2.62. The highest BCUT2D eigenvalue weighted by molar-refractivity contribution is 6.04. The molecule has 0 spiro atoms. The second-order valence-corrected chi connectivity index (χ2v) is 6.88. The number of nitrogens with zero attached hydrogens (tertiary/aromatic N) is 1. The minimum Gasteiger partial charge on any atom is -0.325 e. The summed E-state index contributed by atoms with van der Waals surface area (Å²) < 4.78 is 0. The predicted molar refractivity (Wildman–Crippen MR) is 105 cm³/mol. The minimum atomic E-state index is -0.322. The Bertz CT molecular complexity index is 811. The van der Waals surface area contributed by atoms with E-state index < -0.39 is 0 Å². The maximum Gasteiger partial charge on any atom is 0.229 e. The van der Waals surface area contributed by atoms with E-state index in [9.17, 15) is 9.59 Å². The van der Waals surface area contributed by atoms with Crippen molar-refractivity contribution < 1.29 is 9.59 Å². The number of para-hydroxylation sites is 1. The van der Waals surface area contributed by atoms with Gasteiger partial charge in [0.15, 0.2) is 0 Å². The molecule has 136 valence electrons. The molecule has 1 unspecified atom stereocenters. The fourth-order valence-electron chi connectivity index (χ4n) is 3.47. The first-order valence-corrected chi connectivity index (χ1v) is 9.32. The summed E-state index contributed by atoms with van der Waals surface area (Å²) >= 11 is 0. The summed E-state index contributed by atoms with van der Waals surface area (Å²) in [5.74, 6) is -0.386. The molecule has 0 aliphatic carbocycles. The molecule has 1 heterocycles. The molecule has 2 aromatic rings. The van der Waals surface area contributed by atoms with Gasteiger partial charge in [-0.05, 0) is 48.6 Å². The average molecular weight is 350 g/mol. The van der Waals surface area contributed by atoms with Gasteiger partial charge in [0.05, 0.1) is 5.92 Å². The number of amides is 2. The van der Waals surface area contributed by atoms with Gasteiger partial charge in [0.2, 0.25) is 11.8 Å². The molecule has 1 atom stereocenters. The van der Waals surface area contributed by atoms with Gasteiger partial charge in [-0.3, -0.25) is 9.59 Å². The van der Waals surface area contributed by atoms with Gasteiger partial charge in [0, 0.05) is 24.3 Å². The number of nitrogens with one attached hydrogen (secondary N) is 1. The topological polar surface area (TPSA) is 49.4 Å². The van der Waals surface area contributed by atoms with E-state index in [1.54, 1.807) is 4.90 Å². The van der Waals surface area contributed by atoms with Crippen molar-refractivity contribution in [3.05, 3.63) is 59.2 Å². The molecule has 0 radical (unpaired) electrons. The third kappa shape index (κ3) is 3.64. The Morgan fingerprint density at radius 2 is 1.85 bits per heavy atom. The van der Waals surface area contributed by atoms with Gasteiger partial charge in [-0.2, -0.15) is 0 Å². The summed E-state index contributed by atoms with van der Waals surface area (Å²) in [7, 11) is 0. The van der Waals surface area contributed by atoms with Crippen LogP contribution in [-0.4, -0.2) is 18.4 Å². The van der Waals surface area contributed by atoms with Gasteiger partial charge < -0.3 is 10.2 Å². The molecule has 1 saturated heterocycles. The van der Waals surface area contributed by atoms with Crippen LogP contribution in [0.25, 0.3) is 0 Å².